The molecule has 0 radical (unpaired) electrons. The van der Waals surface area contributed by atoms with Crippen molar-refractivity contribution in [2.75, 3.05) is 13.1 Å². The molecule has 0 spiro atoms. The zero-order valence-corrected chi connectivity index (χ0v) is 12.0. The molecule has 4 nitrogen and oxygen atoms in total. The molecule has 0 aromatic rings. The number of piperazine rings is 1. The Morgan fingerprint density at radius 3 is 2.33 bits per heavy atom. The normalized spacial score (nSPS) is 29.9. The molecule has 1 aliphatic heterocycles. The average Bonchev–Trinajstić information content (AvgIpc) is 2.68. The second-order valence-electron chi connectivity index (χ2n) is 6.62. The van der Waals surface area contributed by atoms with Gasteiger partial charge < -0.3 is 10.2 Å². The standard InChI is InChI=1S/C14H24N2O2/c1-6-9-11(17)15-7-8-16(9)12(18)10-13(2,3)14(10,4)5/h9-10H,6-8H2,1-5H3,(H,15,17). The predicted molar refractivity (Wildman–Crippen MR) is 69.9 cm³/mol. The van der Waals surface area contributed by atoms with Gasteiger partial charge >= 0.3 is 0 Å². The van der Waals surface area contributed by atoms with Crippen molar-refractivity contribution >= 4 is 11.8 Å². The highest BCUT2D eigenvalue weighted by molar-refractivity contribution is 5.91. The molecule has 1 saturated carbocycles. The summed E-state index contributed by atoms with van der Waals surface area (Å²) >= 11 is 0. The van der Waals surface area contributed by atoms with Crippen LogP contribution in [0.3, 0.4) is 0 Å². The summed E-state index contributed by atoms with van der Waals surface area (Å²) in [4.78, 5) is 26.2. The van der Waals surface area contributed by atoms with Crippen LogP contribution in [0, 0.1) is 16.7 Å². The molecule has 1 unspecified atom stereocenters. The summed E-state index contributed by atoms with van der Waals surface area (Å²) in [5.41, 5.74) is 0.0760. The summed E-state index contributed by atoms with van der Waals surface area (Å²) in [7, 11) is 0. The lowest BCUT2D eigenvalue weighted by Crippen LogP contribution is -2.57. The highest BCUT2D eigenvalue weighted by atomic mass is 16.2. The Labute approximate surface area is 109 Å². The molecule has 2 amide bonds. The topological polar surface area (TPSA) is 49.4 Å². The molecular weight excluding hydrogens is 228 g/mol. The number of hydrogen-bond acceptors (Lipinski definition) is 2. The number of nitrogens with zero attached hydrogens (tertiary/aromatic N) is 1. The molecule has 2 aliphatic rings. The molecule has 0 aromatic carbocycles. The minimum absolute atomic E-state index is 0.00615. The summed E-state index contributed by atoms with van der Waals surface area (Å²) in [6.07, 6.45) is 0.686. The van der Waals surface area contributed by atoms with Crippen molar-refractivity contribution in [1.82, 2.24) is 10.2 Å². The van der Waals surface area contributed by atoms with E-state index in [1.165, 1.54) is 0 Å². The van der Waals surface area contributed by atoms with E-state index in [9.17, 15) is 9.59 Å². The van der Waals surface area contributed by atoms with Crippen LogP contribution in [0.2, 0.25) is 0 Å². The lowest BCUT2D eigenvalue weighted by molar-refractivity contribution is -0.145. The first-order chi connectivity index (χ1) is 8.25. The minimum atomic E-state index is -0.279. The van der Waals surface area contributed by atoms with Gasteiger partial charge in [0.25, 0.3) is 0 Å². The summed E-state index contributed by atoms with van der Waals surface area (Å²) in [5, 5.41) is 2.84. The number of hydrogen-bond donors (Lipinski definition) is 1. The van der Waals surface area contributed by atoms with Crippen LogP contribution in [0.4, 0.5) is 0 Å². The molecule has 1 N–H and O–H groups in total. The molecule has 2 fully saturated rings. The van der Waals surface area contributed by atoms with Gasteiger partial charge in [0, 0.05) is 19.0 Å². The van der Waals surface area contributed by atoms with Crippen LogP contribution < -0.4 is 5.32 Å². The van der Waals surface area contributed by atoms with E-state index < -0.39 is 0 Å². The van der Waals surface area contributed by atoms with Crippen LogP contribution in [0.5, 0.6) is 0 Å². The van der Waals surface area contributed by atoms with Gasteiger partial charge in [-0.05, 0) is 17.3 Å². The molecule has 1 heterocycles. The van der Waals surface area contributed by atoms with Gasteiger partial charge in [-0.25, -0.2) is 0 Å². The number of carbonyl (C=O) groups is 2. The van der Waals surface area contributed by atoms with Crippen molar-refractivity contribution in [2.24, 2.45) is 16.7 Å². The van der Waals surface area contributed by atoms with Gasteiger partial charge in [0.2, 0.25) is 11.8 Å². The number of carbonyl (C=O) groups excluding carboxylic acids is 2. The van der Waals surface area contributed by atoms with Gasteiger partial charge in [0.15, 0.2) is 0 Å². The lowest BCUT2D eigenvalue weighted by Gasteiger charge is -2.35. The van der Waals surface area contributed by atoms with Crippen LogP contribution >= 0.6 is 0 Å². The predicted octanol–water partition coefficient (Wildman–Crippen LogP) is 1.41. The van der Waals surface area contributed by atoms with Crippen molar-refractivity contribution in [3.8, 4) is 0 Å². The molecule has 4 heteroatoms. The number of nitrogens with one attached hydrogen (secondary N) is 1. The zero-order chi connectivity index (χ0) is 13.7. The van der Waals surface area contributed by atoms with Crippen molar-refractivity contribution in [2.45, 2.75) is 47.1 Å². The SMILES string of the molecule is CCC1C(=O)NCCN1C(=O)C1C(C)(C)C1(C)C. The molecular formula is C14H24N2O2. The second kappa shape index (κ2) is 3.97. The molecule has 18 heavy (non-hydrogen) atoms. The van der Waals surface area contributed by atoms with Gasteiger partial charge in [0.05, 0.1) is 0 Å². The maximum absolute atomic E-state index is 12.7. The Morgan fingerprint density at radius 1 is 1.33 bits per heavy atom. The third kappa shape index (κ3) is 1.65. The van der Waals surface area contributed by atoms with Crippen molar-refractivity contribution in [1.29, 1.82) is 0 Å². The maximum atomic E-state index is 12.7. The fraction of sp³-hybridized carbons (Fsp3) is 0.857. The van der Waals surface area contributed by atoms with Crippen LogP contribution in [-0.2, 0) is 9.59 Å². The minimum Gasteiger partial charge on any atom is -0.353 e. The molecule has 2 rings (SSSR count). The first-order valence-electron chi connectivity index (χ1n) is 6.83. The quantitative estimate of drug-likeness (QED) is 0.807. The van der Waals surface area contributed by atoms with Gasteiger partial charge in [0.1, 0.15) is 6.04 Å². The highest BCUT2D eigenvalue weighted by Crippen LogP contribution is 2.68. The summed E-state index contributed by atoms with van der Waals surface area (Å²) < 4.78 is 0. The second-order valence-corrected chi connectivity index (χ2v) is 6.62. The Bertz CT molecular complexity index is 373. The van der Waals surface area contributed by atoms with Crippen molar-refractivity contribution < 1.29 is 9.59 Å². The molecule has 0 aromatic heterocycles. The average molecular weight is 252 g/mol. The zero-order valence-electron chi connectivity index (χ0n) is 12.0. The summed E-state index contributed by atoms with van der Waals surface area (Å²) in [6, 6.07) is -0.279. The van der Waals surface area contributed by atoms with Crippen molar-refractivity contribution in [3.63, 3.8) is 0 Å². The van der Waals surface area contributed by atoms with Gasteiger partial charge in [-0.15, -0.1) is 0 Å². The Kier molecular flexibility index (Phi) is 2.95. The third-order valence-electron chi connectivity index (χ3n) is 5.27. The maximum Gasteiger partial charge on any atom is 0.242 e. The van der Waals surface area contributed by atoms with E-state index in [1.807, 2.05) is 6.92 Å². The fourth-order valence-corrected chi connectivity index (χ4v) is 3.36. The van der Waals surface area contributed by atoms with Crippen LogP contribution in [0.25, 0.3) is 0 Å². The van der Waals surface area contributed by atoms with Crippen LogP contribution in [-0.4, -0.2) is 35.8 Å². The van der Waals surface area contributed by atoms with Gasteiger partial charge in [-0.1, -0.05) is 34.6 Å². The Hall–Kier alpha value is -1.06. The van der Waals surface area contributed by atoms with E-state index in [4.69, 9.17) is 0 Å². The molecule has 1 saturated heterocycles. The first-order valence-corrected chi connectivity index (χ1v) is 6.83. The molecule has 0 bridgehead atoms. The largest absolute Gasteiger partial charge is 0.353 e. The van der Waals surface area contributed by atoms with Crippen molar-refractivity contribution in [3.05, 3.63) is 0 Å². The van der Waals surface area contributed by atoms with Crippen LogP contribution in [0.1, 0.15) is 41.0 Å². The molecule has 1 aliphatic carbocycles. The van der Waals surface area contributed by atoms with E-state index in [1.54, 1.807) is 4.90 Å². The highest BCUT2D eigenvalue weighted by Gasteiger charge is 2.69. The molecule has 102 valence electrons. The Balaban J connectivity index is 2.17. The summed E-state index contributed by atoms with van der Waals surface area (Å²) in [5.74, 6) is 0.199. The smallest absolute Gasteiger partial charge is 0.242 e. The monoisotopic (exact) mass is 252 g/mol. The van der Waals surface area contributed by atoms with E-state index in [0.29, 0.717) is 19.5 Å². The fourth-order valence-electron chi connectivity index (χ4n) is 3.36. The number of rotatable bonds is 2. The summed E-state index contributed by atoms with van der Waals surface area (Å²) in [6.45, 7) is 11.7. The van der Waals surface area contributed by atoms with E-state index in [2.05, 4.69) is 33.0 Å². The third-order valence-corrected chi connectivity index (χ3v) is 5.27. The van der Waals surface area contributed by atoms with E-state index >= 15 is 0 Å². The van der Waals surface area contributed by atoms with E-state index in [0.717, 1.165) is 0 Å². The first kappa shape index (κ1) is 13.4. The lowest BCUT2D eigenvalue weighted by atomic mass is 10.0. The molecule has 1 atom stereocenters. The van der Waals surface area contributed by atoms with Gasteiger partial charge in [-0.2, -0.15) is 0 Å². The van der Waals surface area contributed by atoms with Gasteiger partial charge in [-0.3, -0.25) is 9.59 Å². The number of amides is 2. The van der Waals surface area contributed by atoms with E-state index in [-0.39, 0.29) is 34.6 Å². The van der Waals surface area contributed by atoms with Crippen LogP contribution in [0.15, 0.2) is 0 Å². The Morgan fingerprint density at radius 2 is 1.89 bits per heavy atom.